The Morgan fingerprint density at radius 2 is 1.42 bits per heavy atom. The van der Waals surface area contributed by atoms with E-state index in [2.05, 4.69) is 5.32 Å². The summed E-state index contributed by atoms with van der Waals surface area (Å²) in [6, 6.07) is 14.0. The molecule has 1 aliphatic heterocycles. The van der Waals surface area contributed by atoms with Crippen LogP contribution in [0.2, 0.25) is 0 Å². The van der Waals surface area contributed by atoms with Crippen LogP contribution in [0.4, 0.5) is 4.79 Å². The van der Waals surface area contributed by atoms with Crippen LogP contribution in [0.5, 0.6) is 0 Å². The molecule has 2 N–H and O–H groups in total. The van der Waals surface area contributed by atoms with Gasteiger partial charge in [0.1, 0.15) is 18.7 Å². The van der Waals surface area contributed by atoms with Crippen molar-refractivity contribution in [2.45, 2.75) is 24.4 Å². The fourth-order valence-corrected chi connectivity index (χ4v) is 4.55. The third kappa shape index (κ3) is 4.13. The topological polar surface area (TPSA) is 116 Å². The first-order valence-electron chi connectivity index (χ1n) is 10.6. The van der Waals surface area contributed by atoms with Gasteiger partial charge in [0.25, 0.3) is 0 Å². The summed E-state index contributed by atoms with van der Waals surface area (Å²) in [5, 5.41) is 11.6. The number of hydrogen-bond donors (Lipinski definition) is 2. The quantitative estimate of drug-likeness (QED) is 0.690. The van der Waals surface area contributed by atoms with Gasteiger partial charge in [0.15, 0.2) is 0 Å². The van der Waals surface area contributed by atoms with E-state index in [4.69, 9.17) is 9.84 Å². The van der Waals surface area contributed by atoms with Crippen LogP contribution < -0.4 is 5.32 Å². The number of likely N-dealkylation sites (N-methyl/N-ethyl adjacent to an activating group) is 2. The molecule has 2 atom stereocenters. The van der Waals surface area contributed by atoms with E-state index >= 15 is 0 Å². The Kier molecular flexibility index (Phi) is 6.04. The van der Waals surface area contributed by atoms with Crippen LogP contribution in [-0.4, -0.2) is 78.1 Å². The molecule has 2 aromatic carbocycles. The van der Waals surface area contributed by atoms with Gasteiger partial charge >= 0.3 is 12.1 Å². The Bertz CT molecular complexity index is 1070. The van der Waals surface area contributed by atoms with Crippen LogP contribution in [-0.2, 0) is 19.1 Å². The van der Waals surface area contributed by atoms with Crippen LogP contribution in [0.25, 0.3) is 11.1 Å². The summed E-state index contributed by atoms with van der Waals surface area (Å²) in [4.78, 5) is 50.9. The molecule has 1 aliphatic carbocycles. The predicted octanol–water partition coefficient (Wildman–Crippen LogP) is 1.67. The van der Waals surface area contributed by atoms with Crippen molar-refractivity contribution in [3.05, 3.63) is 59.7 Å². The molecule has 3 amide bonds. The molecule has 9 nitrogen and oxygen atoms in total. The number of benzene rings is 2. The molecule has 0 spiro atoms. The summed E-state index contributed by atoms with van der Waals surface area (Å²) in [6.07, 6.45) is -1.17. The van der Waals surface area contributed by atoms with Gasteiger partial charge in [-0.15, -0.1) is 0 Å². The second-order valence-electron chi connectivity index (χ2n) is 8.23. The fraction of sp³-hybridized carbons (Fsp3) is 0.333. The first kappa shape index (κ1) is 22.3. The highest BCUT2D eigenvalue weighted by Crippen LogP contribution is 2.44. The number of nitrogens with zero attached hydrogens (tertiary/aromatic N) is 2. The predicted molar refractivity (Wildman–Crippen MR) is 118 cm³/mol. The average molecular weight is 451 g/mol. The van der Waals surface area contributed by atoms with Gasteiger partial charge in [-0.1, -0.05) is 48.5 Å². The first-order chi connectivity index (χ1) is 15.8. The Labute approximate surface area is 190 Å². The Morgan fingerprint density at radius 3 is 2.00 bits per heavy atom. The normalized spacial score (nSPS) is 19.8. The van der Waals surface area contributed by atoms with Gasteiger partial charge in [-0.25, -0.2) is 4.79 Å². The number of carbonyl (C=O) groups is 4. The van der Waals surface area contributed by atoms with Gasteiger partial charge in [0.2, 0.25) is 11.8 Å². The molecule has 1 heterocycles. The van der Waals surface area contributed by atoms with E-state index in [-0.39, 0.29) is 19.1 Å². The number of aliphatic carboxylic acids is 1. The number of carbonyl (C=O) groups excluding carboxylic acids is 3. The highest BCUT2D eigenvalue weighted by atomic mass is 16.5. The maximum Gasteiger partial charge on any atom is 0.407 e. The lowest BCUT2D eigenvalue weighted by atomic mass is 9.98. The molecular weight excluding hydrogens is 426 g/mol. The van der Waals surface area contributed by atoms with Gasteiger partial charge in [0.05, 0.1) is 13.0 Å². The molecule has 4 rings (SSSR count). The fourth-order valence-electron chi connectivity index (χ4n) is 4.55. The summed E-state index contributed by atoms with van der Waals surface area (Å²) >= 11 is 0. The van der Waals surface area contributed by atoms with Crippen molar-refractivity contribution in [2.24, 2.45) is 0 Å². The zero-order valence-corrected chi connectivity index (χ0v) is 18.4. The van der Waals surface area contributed by atoms with Crippen molar-refractivity contribution < 1.29 is 29.0 Å². The molecule has 1 saturated heterocycles. The Hall–Kier alpha value is -3.88. The number of carboxylic acid groups (broad SMARTS) is 1. The monoisotopic (exact) mass is 451 g/mol. The average Bonchev–Trinajstić information content (AvgIpc) is 3.13. The number of nitrogens with one attached hydrogen (secondary N) is 1. The third-order valence-electron chi connectivity index (χ3n) is 6.35. The van der Waals surface area contributed by atoms with Crippen molar-refractivity contribution in [1.82, 2.24) is 15.1 Å². The molecule has 2 aliphatic rings. The molecule has 9 heteroatoms. The highest BCUT2D eigenvalue weighted by Gasteiger charge is 2.43. The molecule has 0 unspecified atom stereocenters. The van der Waals surface area contributed by atoms with E-state index in [0.717, 1.165) is 27.2 Å². The van der Waals surface area contributed by atoms with E-state index in [0.29, 0.717) is 0 Å². The molecule has 0 aromatic heterocycles. The van der Waals surface area contributed by atoms with Crippen LogP contribution in [0.15, 0.2) is 48.5 Å². The van der Waals surface area contributed by atoms with Crippen molar-refractivity contribution in [2.75, 3.05) is 27.2 Å². The van der Waals surface area contributed by atoms with Gasteiger partial charge in [-0.3, -0.25) is 14.4 Å². The van der Waals surface area contributed by atoms with Crippen molar-refractivity contribution in [3.63, 3.8) is 0 Å². The molecule has 0 bridgehead atoms. The third-order valence-corrected chi connectivity index (χ3v) is 6.35. The number of amides is 3. The molecule has 172 valence electrons. The smallest absolute Gasteiger partial charge is 0.407 e. The highest BCUT2D eigenvalue weighted by molar-refractivity contribution is 5.98. The molecule has 0 radical (unpaired) electrons. The summed E-state index contributed by atoms with van der Waals surface area (Å²) in [7, 11) is 2.81. The SMILES string of the molecule is CN1C(=O)[C@H](CC(=O)O)N(C)C(=O)[C@@H]1CNC(=O)OCC1c2ccccc2-c2ccccc21. The van der Waals surface area contributed by atoms with Crippen LogP contribution >= 0.6 is 0 Å². The van der Waals surface area contributed by atoms with Gasteiger partial charge in [-0.2, -0.15) is 0 Å². The van der Waals surface area contributed by atoms with E-state index in [1.165, 1.54) is 19.0 Å². The second kappa shape index (κ2) is 8.93. The summed E-state index contributed by atoms with van der Waals surface area (Å²) in [5.74, 6) is -2.19. The van der Waals surface area contributed by atoms with Crippen molar-refractivity contribution in [1.29, 1.82) is 0 Å². The number of rotatable bonds is 6. The van der Waals surface area contributed by atoms with Gasteiger partial charge < -0.3 is 25.0 Å². The standard InChI is InChI=1S/C24H25N3O6/c1-26-19(11-21(28)29)22(30)27(2)20(23(26)31)12-25-24(32)33-13-18-16-9-5-3-7-14(16)15-8-4-6-10-17(15)18/h3-10,18-20H,11-13H2,1-2H3,(H,25,32)(H,28,29)/t19-,20-/m0/s1. The zero-order valence-electron chi connectivity index (χ0n) is 18.4. The molecular formula is C24H25N3O6. The number of piperazine rings is 1. The minimum atomic E-state index is -1.17. The molecule has 2 aromatic rings. The van der Waals surface area contributed by atoms with Crippen LogP contribution in [0.3, 0.4) is 0 Å². The lowest BCUT2D eigenvalue weighted by molar-refractivity contribution is -0.160. The van der Waals surface area contributed by atoms with Gasteiger partial charge in [-0.05, 0) is 22.3 Å². The first-order valence-corrected chi connectivity index (χ1v) is 10.6. The maximum atomic E-state index is 12.7. The lowest BCUT2D eigenvalue weighted by Gasteiger charge is -2.41. The summed E-state index contributed by atoms with van der Waals surface area (Å²) < 4.78 is 5.47. The van der Waals surface area contributed by atoms with Gasteiger partial charge in [0, 0.05) is 20.0 Å². The molecule has 0 saturated carbocycles. The van der Waals surface area contributed by atoms with E-state index in [1.807, 2.05) is 48.5 Å². The minimum Gasteiger partial charge on any atom is -0.481 e. The maximum absolute atomic E-state index is 12.7. The minimum absolute atomic E-state index is 0.0911. The molecule has 33 heavy (non-hydrogen) atoms. The van der Waals surface area contributed by atoms with E-state index < -0.39 is 42.4 Å². The second-order valence-corrected chi connectivity index (χ2v) is 8.23. The number of hydrogen-bond acceptors (Lipinski definition) is 5. The molecule has 1 fully saturated rings. The lowest BCUT2D eigenvalue weighted by Crippen LogP contribution is -2.65. The van der Waals surface area contributed by atoms with Crippen LogP contribution in [0, 0.1) is 0 Å². The van der Waals surface area contributed by atoms with Crippen LogP contribution in [0.1, 0.15) is 23.5 Å². The van der Waals surface area contributed by atoms with E-state index in [1.54, 1.807) is 0 Å². The summed E-state index contributed by atoms with van der Waals surface area (Å²) in [5.41, 5.74) is 4.42. The number of ether oxygens (including phenoxy) is 1. The number of fused-ring (bicyclic) bond motifs is 3. The Morgan fingerprint density at radius 1 is 0.909 bits per heavy atom. The number of alkyl carbamates (subject to hydrolysis) is 1. The van der Waals surface area contributed by atoms with E-state index in [9.17, 15) is 19.2 Å². The van der Waals surface area contributed by atoms with Crippen molar-refractivity contribution >= 4 is 23.9 Å². The zero-order chi connectivity index (χ0) is 23.7. The number of carboxylic acids is 1. The summed E-state index contributed by atoms with van der Waals surface area (Å²) in [6.45, 7) is -0.00426. The largest absolute Gasteiger partial charge is 0.481 e. The van der Waals surface area contributed by atoms with Crippen molar-refractivity contribution in [3.8, 4) is 11.1 Å². The Balaban J connectivity index is 1.37.